The van der Waals surface area contributed by atoms with Gasteiger partial charge in [-0.05, 0) is 37.1 Å². The average Bonchev–Trinajstić information content (AvgIpc) is 2.38. The fourth-order valence-corrected chi connectivity index (χ4v) is 1.59. The Morgan fingerprint density at radius 1 is 1.53 bits per heavy atom. The zero-order valence-electron chi connectivity index (χ0n) is 10.3. The van der Waals surface area contributed by atoms with E-state index in [0.29, 0.717) is 0 Å². The van der Waals surface area contributed by atoms with Crippen LogP contribution in [0.3, 0.4) is 0 Å². The number of aliphatic hydroxyl groups is 2. The number of carbonyl (C=O) groups is 1. The second kappa shape index (κ2) is 6.84. The van der Waals surface area contributed by atoms with Crippen molar-refractivity contribution in [1.82, 2.24) is 0 Å². The Balaban J connectivity index is 2.91. The number of halogens is 1. The first-order valence-electron chi connectivity index (χ1n) is 5.64. The molecular formula is C12H14FN3O3. The highest BCUT2D eigenvalue weighted by atomic mass is 19.1. The number of Topliss-reactive ketones (excluding diaryl/α,β-unsaturated/α-hetero) is 1. The number of benzene rings is 1. The van der Waals surface area contributed by atoms with E-state index in [9.17, 15) is 19.4 Å². The van der Waals surface area contributed by atoms with E-state index in [1.54, 1.807) is 0 Å². The molecule has 1 rings (SSSR count). The number of hydrogen-bond donors (Lipinski definition) is 2. The largest absolute Gasteiger partial charge is 0.390 e. The minimum atomic E-state index is -1.48. The lowest BCUT2D eigenvalue weighted by Crippen LogP contribution is -2.20. The van der Waals surface area contributed by atoms with Crippen LogP contribution in [0.15, 0.2) is 23.3 Å². The van der Waals surface area contributed by atoms with Gasteiger partial charge in [0.15, 0.2) is 5.78 Å². The van der Waals surface area contributed by atoms with Crippen molar-refractivity contribution in [3.8, 4) is 0 Å². The Labute approximate surface area is 109 Å². The molecule has 0 aromatic heterocycles. The molecule has 2 atom stereocenters. The second-order valence-corrected chi connectivity index (χ2v) is 4.05. The van der Waals surface area contributed by atoms with Crippen LogP contribution < -0.4 is 0 Å². The van der Waals surface area contributed by atoms with E-state index in [2.05, 4.69) is 10.0 Å². The van der Waals surface area contributed by atoms with Crippen LogP contribution >= 0.6 is 0 Å². The van der Waals surface area contributed by atoms with Gasteiger partial charge in [0.2, 0.25) is 0 Å². The second-order valence-electron chi connectivity index (χ2n) is 4.05. The molecule has 0 amide bonds. The number of nitrogens with zero attached hydrogens (tertiary/aromatic N) is 3. The highest BCUT2D eigenvalue weighted by molar-refractivity contribution is 5.94. The fraction of sp³-hybridized carbons (Fsp3) is 0.417. The molecule has 1 aromatic carbocycles. The number of azide groups is 1. The predicted molar refractivity (Wildman–Crippen MR) is 66.0 cm³/mol. The first-order chi connectivity index (χ1) is 8.97. The summed E-state index contributed by atoms with van der Waals surface area (Å²) < 4.78 is 13.6. The first-order valence-corrected chi connectivity index (χ1v) is 5.64. The van der Waals surface area contributed by atoms with Gasteiger partial charge in [-0.25, -0.2) is 4.39 Å². The van der Waals surface area contributed by atoms with Crippen LogP contribution in [0.2, 0.25) is 0 Å². The fourth-order valence-electron chi connectivity index (χ4n) is 1.59. The van der Waals surface area contributed by atoms with Crippen molar-refractivity contribution in [2.75, 3.05) is 6.54 Å². The SMILES string of the molecule is CC(=O)c1ccc(F)c(C(O)C(O)CCN=[N+]=[N-])c1. The standard InChI is InChI=1S/C12H14FN3O3/c1-7(17)8-2-3-10(13)9(6-8)12(19)11(18)4-5-15-16-14/h2-3,6,11-12,18-19H,4-5H2,1H3. The molecule has 2 N–H and O–H groups in total. The van der Waals surface area contributed by atoms with E-state index in [1.807, 2.05) is 0 Å². The number of rotatable bonds is 6. The summed E-state index contributed by atoms with van der Waals surface area (Å²) in [5, 5.41) is 22.7. The number of carbonyl (C=O) groups excluding carboxylic acids is 1. The summed E-state index contributed by atoms with van der Waals surface area (Å²) in [6.45, 7) is 1.31. The van der Waals surface area contributed by atoms with Crippen LogP contribution in [0.5, 0.6) is 0 Å². The Morgan fingerprint density at radius 3 is 2.79 bits per heavy atom. The lowest BCUT2D eigenvalue weighted by Gasteiger charge is -2.18. The van der Waals surface area contributed by atoms with E-state index in [0.717, 1.165) is 6.07 Å². The smallest absolute Gasteiger partial charge is 0.159 e. The van der Waals surface area contributed by atoms with Crippen LogP contribution in [0.25, 0.3) is 10.4 Å². The Hall–Kier alpha value is -1.95. The van der Waals surface area contributed by atoms with E-state index >= 15 is 0 Å². The van der Waals surface area contributed by atoms with Gasteiger partial charge >= 0.3 is 0 Å². The molecule has 0 aliphatic heterocycles. The summed E-state index contributed by atoms with van der Waals surface area (Å²) in [4.78, 5) is 13.7. The lowest BCUT2D eigenvalue weighted by molar-refractivity contribution is 0.0129. The summed E-state index contributed by atoms with van der Waals surface area (Å²) >= 11 is 0. The van der Waals surface area contributed by atoms with Gasteiger partial charge in [0.25, 0.3) is 0 Å². The van der Waals surface area contributed by atoms with Crippen molar-refractivity contribution in [1.29, 1.82) is 0 Å². The molecule has 19 heavy (non-hydrogen) atoms. The normalized spacial score (nSPS) is 13.5. The van der Waals surface area contributed by atoms with Crippen LogP contribution in [0.1, 0.15) is 35.4 Å². The molecule has 0 spiro atoms. The summed E-state index contributed by atoms with van der Waals surface area (Å²) in [6, 6.07) is 3.58. The van der Waals surface area contributed by atoms with Gasteiger partial charge < -0.3 is 10.2 Å². The van der Waals surface area contributed by atoms with Gasteiger partial charge in [-0.2, -0.15) is 0 Å². The number of ketones is 1. The van der Waals surface area contributed by atoms with Gasteiger partial charge in [-0.1, -0.05) is 5.11 Å². The van der Waals surface area contributed by atoms with E-state index < -0.39 is 18.0 Å². The van der Waals surface area contributed by atoms with Crippen LogP contribution in [0.4, 0.5) is 4.39 Å². The summed E-state index contributed by atoms with van der Waals surface area (Å²) in [6.07, 6.45) is -2.76. The third-order valence-electron chi connectivity index (χ3n) is 2.67. The van der Waals surface area contributed by atoms with Crippen molar-refractivity contribution < 1.29 is 19.4 Å². The molecule has 0 saturated heterocycles. The Bertz CT molecular complexity index is 515. The minimum absolute atomic E-state index is 0.00499. The van der Waals surface area contributed by atoms with Crippen molar-refractivity contribution in [2.45, 2.75) is 25.6 Å². The molecule has 0 bridgehead atoms. The van der Waals surface area contributed by atoms with Crippen molar-refractivity contribution in [2.24, 2.45) is 5.11 Å². The summed E-state index contributed by atoms with van der Waals surface area (Å²) in [5.41, 5.74) is 8.19. The number of hydrogen-bond acceptors (Lipinski definition) is 4. The zero-order valence-corrected chi connectivity index (χ0v) is 10.3. The maximum atomic E-state index is 13.6. The van der Waals surface area contributed by atoms with Gasteiger partial charge in [-0.15, -0.1) is 0 Å². The monoisotopic (exact) mass is 267 g/mol. The highest BCUT2D eigenvalue weighted by Gasteiger charge is 2.22. The molecule has 0 saturated carbocycles. The molecular weight excluding hydrogens is 253 g/mol. The predicted octanol–water partition coefficient (Wildman–Crippen LogP) is 2.12. The molecule has 0 radical (unpaired) electrons. The van der Waals surface area contributed by atoms with Crippen LogP contribution in [0, 0.1) is 5.82 Å². The highest BCUT2D eigenvalue weighted by Crippen LogP contribution is 2.23. The molecule has 0 aliphatic carbocycles. The molecule has 0 heterocycles. The topological polar surface area (TPSA) is 106 Å². The molecule has 7 heteroatoms. The summed E-state index contributed by atoms with van der Waals surface area (Å²) in [5.74, 6) is -0.975. The van der Waals surface area contributed by atoms with Crippen molar-refractivity contribution in [3.63, 3.8) is 0 Å². The molecule has 6 nitrogen and oxygen atoms in total. The first kappa shape index (κ1) is 15.1. The third kappa shape index (κ3) is 4.03. The number of aliphatic hydroxyl groups excluding tert-OH is 2. The zero-order chi connectivity index (χ0) is 14.4. The van der Waals surface area contributed by atoms with Crippen LogP contribution in [-0.4, -0.2) is 28.6 Å². The third-order valence-corrected chi connectivity index (χ3v) is 2.67. The lowest BCUT2D eigenvalue weighted by atomic mass is 9.98. The van der Waals surface area contributed by atoms with E-state index in [1.165, 1.54) is 19.1 Å². The molecule has 0 fully saturated rings. The minimum Gasteiger partial charge on any atom is -0.390 e. The van der Waals surface area contributed by atoms with Crippen molar-refractivity contribution >= 4 is 5.78 Å². The quantitative estimate of drug-likeness (QED) is 0.357. The molecule has 1 aromatic rings. The Morgan fingerprint density at radius 2 is 2.21 bits per heavy atom. The van der Waals surface area contributed by atoms with Crippen LogP contribution in [-0.2, 0) is 0 Å². The molecule has 2 unspecified atom stereocenters. The van der Waals surface area contributed by atoms with Gasteiger partial charge in [0, 0.05) is 22.6 Å². The van der Waals surface area contributed by atoms with Gasteiger partial charge in [0.05, 0.1) is 6.10 Å². The van der Waals surface area contributed by atoms with Gasteiger partial charge in [0.1, 0.15) is 11.9 Å². The van der Waals surface area contributed by atoms with E-state index in [4.69, 9.17) is 5.53 Å². The maximum absolute atomic E-state index is 13.6. The Kier molecular flexibility index (Phi) is 5.44. The van der Waals surface area contributed by atoms with Gasteiger partial charge in [-0.3, -0.25) is 4.79 Å². The van der Waals surface area contributed by atoms with Crippen molar-refractivity contribution in [3.05, 3.63) is 45.6 Å². The van der Waals surface area contributed by atoms with E-state index in [-0.39, 0.29) is 29.9 Å². The molecule has 102 valence electrons. The summed E-state index contributed by atoms with van der Waals surface area (Å²) in [7, 11) is 0. The molecule has 0 aliphatic rings. The average molecular weight is 267 g/mol. The maximum Gasteiger partial charge on any atom is 0.159 e.